The summed E-state index contributed by atoms with van der Waals surface area (Å²) in [5, 5.41) is 17.6. The van der Waals surface area contributed by atoms with Gasteiger partial charge in [0, 0.05) is 0 Å². The summed E-state index contributed by atoms with van der Waals surface area (Å²) in [6.07, 6.45) is 3.27. The number of aliphatic hydroxyl groups excluding tert-OH is 1. The van der Waals surface area contributed by atoms with E-state index in [2.05, 4.69) is 0 Å². The molecule has 2 N–H and O–H groups in total. The molecule has 0 aliphatic carbocycles. The van der Waals surface area contributed by atoms with Crippen molar-refractivity contribution >= 4 is 5.97 Å². The van der Waals surface area contributed by atoms with Crippen LogP contribution in [0.25, 0.3) is 0 Å². The summed E-state index contributed by atoms with van der Waals surface area (Å²) >= 11 is 0. The zero-order valence-corrected chi connectivity index (χ0v) is 7.14. The maximum Gasteiger partial charge on any atom is 0.305 e. The van der Waals surface area contributed by atoms with Crippen LogP contribution >= 0.6 is 0 Å². The maximum atomic E-state index is 10.2. The molecule has 0 unspecified atom stereocenters. The van der Waals surface area contributed by atoms with Gasteiger partial charge >= 0.3 is 5.97 Å². The van der Waals surface area contributed by atoms with E-state index in [4.69, 9.17) is 9.52 Å². The molecule has 1 aromatic rings. The number of carbonyl (C=O) groups is 1. The lowest BCUT2D eigenvalue weighted by molar-refractivity contribution is -0.139. The molecular weight excluding hydrogens is 172 g/mol. The molecule has 0 bridgehead atoms. The van der Waals surface area contributed by atoms with Crippen molar-refractivity contribution in [3.05, 3.63) is 24.2 Å². The minimum Gasteiger partial charge on any atom is -0.481 e. The second-order valence-electron chi connectivity index (χ2n) is 2.92. The molecule has 0 aliphatic heterocycles. The predicted molar refractivity (Wildman–Crippen MR) is 45.3 cm³/mol. The Morgan fingerprint density at radius 2 is 2.38 bits per heavy atom. The summed E-state index contributed by atoms with van der Waals surface area (Å²) in [7, 11) is 0. The topological polar surface area (TPSA) is 70.7 Å². The fourth-order valence-electron chi connectivity index (χ4n) is 1.07. The van der Waals surface area contributed by atoms with Crippen LogP contribution < -0.4 is 0 Å². The van der Waals surface area contributed by atoms with Crippen LogP contribution in [0.4, 0.5) is 0 Å². The van der Waals surface area contributed by atoms with Gasteiger partial charge in [-0.25, -0.2) is 0 Å². The summed E-state index contributed by atoms with van der Waals surface area (Å²) in [6, 6.07) is 1.80. The highest BCUT2D eigenvalue weighted by atomic mass is 16.4. The molecule has 1 aromatic heterocycles. The standard InChI is InChI=1S/C9H12O4/c10-8(5-9(11)12)2-1-7-3-4-13-6-7/h3-4,6,8,10H,1-2,5H2,(H,11,12)/t8-/m0/s1. The predicted octanol–water partition coefficient (Wildman–Crippen LogP) is 1.05. The normalized spacial score (nSPS) is 12.7. The third-order valence-corrected chi connectivity index (χ3v) is 1.76. The van der Waals surface area contributed by atoms with Gasteiger partial charge in [0.1, 0.15) is 0 Å². The van der Waals surface area contributed by atoms with Crippen molar-refractivity contribution in [3.63, 3.8) is 0 Å². The Balaban J connectivity index is 2.22. The van der Waals surface area contributed by atoms with Crippen LogP contribution in [0.1, 0.15) is 18.4 Å². The monoisotopic (exact) mass is 184 g/mol. The van der Waals surface area contributed by atoms with E-state index < -0.39 is 12.1 Å². The first-order valence-electron chi connectivity index (χ1n) is 4.09. The van der Waals surface area contributed by atoms with Gasteiger partial charge in [-0.15, -0.1) is 0 Å². The van der Waals surface area contributed by atoms with Crippen molar-refractivity contribution in [2.75, 3.05) is 0 Å². The maximum absolute atomic E-state index is 10.2. The number of aryl methyl sites for hydroxylation is 1. The van der Waals surface area contributed by atoms with Gasteiger partial charge < -0.3 is 14.6 Å². The van der Waals surface area contributed by atoms with E-state index in [0.29, 0.717) is 12.8 Å². The number of carboxylic acids is 1. The zero-order valence-electron chi connectivity index (χ0n) is 7.14. The number of furan rings is 1. The van der Waals surface area contributed by atoms with Crippen molar-refractivity contribution in [2.24, 2.45) is 0 Å². The molecule has 1 rings (SSSR count). The molecule has 0 radical (unpaired) electrons. The zero-order chi connectivity index (χ0) is 9.68. The van der Waals surface area contributed by atoms with Crippen LogP contribution in [0.15, 0.2) is 23.0 Å². The quantitative estimate of drug-likeness (QED) is 0.717. The molecule has 0 amide bonds. The molecule has 4 heteroatoms. The van der Waals surface area contributed by atoms with E-state index in [1.165, 1.54) is 0 Å². The Labute approximate surface area is 75.8 Å². The van der Waals surface area contributed by atoms with Crippen LogP contribution in [-0.4, -0.2) is 22.3 Å². The number of hydrogen-bond acceptors (Lipinski definition) is 3. The average molecular weight is 184 g/mol. The fraction of sp³-hybridized carbons (Fsp3) is 0.444. The summed E-state index contributed by atoms with van der Waals surface area (Å²) in [5.74, 6) is -0.973. The van der Waals surface area contributed by atoms with E-state index in [1.807, 2.05) is 0 Å². The van der Waals surface area contributed by atoms with Crippen LogP contribution in [-0.2, 0) is 11.2 Å². The highest BCUT2D eigenvalue weighted by Crippen LogP contribution is 2.07. The van der Waals surface area contributed by atoms with Gasteiger partial charge in [0.15, 0.2) is 0 Å². The van der Waals surface area contributed by atoms with Crippen molar-refractivity contribution < 1.29 is 19.4 Å². The Morgan fingerprint density at radius 1 is 1.62 bits per heavy atom. The Kier molecular flexibility index (Phi) is 3.52. The average Bonchev–Trinajstić information content (AvgIpc) is 2.51. The Morgan fingerprint density at radius 3 is 2.92 bits per heavy atom. The first-order chi connectivity index (χ1) is 6.18. The van der Waals surface area contributed by atoms with E-state index in [9.17, 15) is 9.90 Å². The molecule has 0 aromatic carbocycles. The van der Waals surface area contributed by atoms with Gasteiger partial charge in [0.05, 0.1) is 25.1 Å². The summed E-state index contributed by atoms with van der Waals surface area (Å²) in [4.78, 5) is 10.2. The third kappa shape index (κ3) is 3.75. The SMILES string of the molecule is O=C(O)C[C@@H](O)CCc1ccoc1. The van der Waals surface area contributed by atoms with E-state index >= 15 is 0 Å². The lowest BCUT2D eigenvalue weighted by atomic mass is 10.1. The molecule has 72 valence electrons. The molecule has 0 aliphatic rings. The van der Waals surface area contributed by atoms with Gasteiger partial charge in [-0.2, -0.15) is 0 Å². The fourth-order valence-corrected chi connectivity index (χ4v) is 1.07. The van der Waals surface area contributed by atoms with Crippen LogP contribution in [0, 0.1) is 0 Å². The molecule has 4 nitrogen and oxygen atoms in total. The van der Waals surface area contributed by atoms with Crippen LogP contribution in [0.3, 0.4) is 0 Å². The highest BCUT2D eigenvalue weighted by molar-refractivity contribution is 5.67. The number of aliphatic hydroxyl groups is 1. The molecule has 0 saturated heterocycles. The number of aliphatic carboxylic acids is 1. The third-order valence-electron chi connectivity index (χ3n) is 1.76. The highest BCUT2D eigenvalue weighted by Gasteiger charge is 2.09. The van der Waals surface area contributed by atoms with Gasteiger partial charge in [-0.1, -0.05) is 0 Å². The molecule has 0 spiro atoms. The molecule has 0 saturated carbocycles. The molecule has 1 heterocycles. The molecular formula is C9H12O4. The van der Waals surface area contributed by atoms with Crippen molar-refractivity contribution in [2.45, 2.75) is 25.4 Å². The minimum atomic E-state index is -0.973. The summed E-state index contributed by atoms with van der Waals surface area (Å²) < 4.78 is 4.83. The van der Waals surface area contributed by atoms with Gasteiger partial charge in [-0.3, -0.25) is 4.79 Å². The number of rotatable bonds is 5. The molecule has 13 heavy (non-hydrogen) atoms. The van der Waals surface area contributed by atoms with Crippen molar-refractivity contribution in [1.82, 2.24) is 0 Å². The van der Waals surface area contributed by atoms with E-state index in [-0.39, 0.29) is 6.42 Å². The lowest BCUT2D eigenvalue weighted by Crippen LogP contribution is -2.13. The second kappa shape index (κ2) is 4.67. The Hall–Kier alpha value is -1.29. The van der Waals surface area contributed by atoms with Crippen molar-refractivity contribution in [1.29, 1.82) is 0 Å². The smallest absolute Gasteiger partial charge is 0.305 e. The summed E-state index contributed by atoms with van der Waals surface area (Å²) in [6.45, 7) is 0. The second-order valence-corrected chi connectivity index (χ2v) is 2.92. The number of hydrogen-bond donors (Lipinski definition) is 2. The molecule has 0 fully saturated rings. The Bertz CT molecular complexity index is 253. The van der Waals surface area contributed by atoms with Crippen LogP contribution in [0.5, 0.6) is 0 Å². The number of carboxylic acid groups (broad SMARTS) is 1. The minimum absolute atomic E-state index is 0.197. The first kappa shape index (κ1) is 9.80. The lowest BCUT2D eigenvalue weighted by Gasteiger charge is -2.05. The van der Waals surface area contributed by atoms with Crippen LogP contribution in [0.2, 0.25) is 0 Å². The summed E-state index contributed by atoms with van der Waals surface area (Å²) in [5.41, 5.74) is 0.976. The van der Waals surface area contributed by atoms with Gasteiger partial charge in [-0.05, 0) is 24.5 Å². The van der Waals surface area contributed by atoms with Crippen molar-refractivity contribution in [3.8, 4) is 0 Å². The van der Waals surface area contributed by atoms with E-state index in [0.717, 1.165) is 5.56 Å². The molecule has 1 atom stereocenters. The first-order valence-corrected chi connectivity index (χ1v) is 4.09. The van der Waals surface area contributed by atoms with Gasteiger partial charge in [0.2, 0.25) is 0 Å². The van der Waals surface area contributed by atoms with Gasteiger partial charge in [0.25, 0.3) is 0 Å². The largest absolute Gasteiger partial charge is 0.481 e. The van der Waals surface area contributed by atoms with E-state index in [1.54, 1.807) is 18.6 Å².